The second-order valence-corrected chi connectivity index (χ2v) is 8.93. The molecule has 134 valence electrons. The highest BCUT2D eigenvalue weighted by Crippen LogP contribution is 2.44. The van der Waals surface area contributed by atoms with E-state index in [-0.39, 0.29) is 5.91 Å². The molecule has 1 heterocycles. The maximum Gasteiger partial charge on any atom is 0.258 e. The minimum atomic E-state index is -0.0718. The minimum Gasteiger partial charge on any atom is -0.390 e. The number of nitrogen functional groups attached to an aromatic ring is 1. The normalized spacial score (nSPS) is 17.2. The number of carbonyl (C=O) groups excluding carboxylic acids is 1. The molecule has 0 fully saturated rings. The predicted octanol–water partition coefficient (Wildman–Crippen LogP) is 5.43. The van der Waals surface area contributed by atoms with Gasteiger partial charge in [-0.05, 0) is 54.7 Å². The smallest absolute Gasteiger partial charge is 0.258 e. The first-order chi connectivity index (χ1) is 11.8. The van der Waals surface area contributed by atoms with Gasteiger partial charge in [-0.15, -0.1) is 11.3 Å². The van der Waals surface area contributed by atoms with E-state index in [0.717, 1.165) is 30.5 Å². The maximum absolute atomic E-state index is 12.9. The Balaban J connectivity index is 1.86. The van der Waals surface area contributed by atoms with E-state index in [1.165, 1.54) is 16.9 Å². The molecule has 1 aromatic heterocycles. The fraction of sp³-hybridized carbons (Fsp3) is 0.476. The summed E-state index contributed by atoms with van der Waals surface area (Å²) in [5.74, 6) is 0.591. The molecule has 0 radical (unpaired) electrons. The lowest BCUT2D eigenvalue weighted by atomic mass is 9.69. The number of thiophene rings is 1. The van der Waals surface area contributed by atoms with Gasteiger partial charge in [-0.1, -0.05) is 45.4 Å². The number of rotatable bonds is 4. The summed E-state index contributed by atoms with van der Waals surface area (Å²) >= 11 is 1.61. The first kappa shape index (κ1) is 18.0. The van der Waals surface area contributed by atoms with Gasteiger partial charge in [0.1, 0.15) is 0 Å². The van der Waals surface area contributed by atoms with Crippen LogP contribution in [0.15, 0.2) is 24.3 Å². The molecule has 1 aliphatic rings. The highest BCUT2D eigenvalue weighted by molar-refractivity contribution is 7.16. The first-order valence-electron chi connectivity index (χ1n) is 9.10. The van der Waals surface area contributed by atoms with Crippen LogP contribution in [0.4, 0.5) is 10.7 Å². The van der Waals surface area contributed by atoms with E-state index in [1.807, 2.05) is 31.2 Å². The van der Waals surface area contributed by atoms with Crippen LogP contribution in [-0.4, -0.2) is 5.91 Å². The number of nitrogens with two attached hydrogens (primary N) is 1. The van der Waals surface area contributed by atoms with Gasteiger partial charge < -0.3 is 11.1 Å². The van der Waals surface area contributed by atoms with Crippen molar-refractivity contribution in [3.8, 4) is 0 Å². The van der Waals surface area contributed by atoms with Crippen molar-refractivity contribution in [3.05, 3.63) is 45.8 Å². The van der Waals surface area contributed by atoms with Crippen LogP contribution in [-0.2, 0) is 12.8 Å². The Morgan fingerprint density at radius 3 is 2.76 bits per heavy atom. The van der Waals surface area contributed by atoms with Crippen molar-refractivity contribution in [2.45, 2.75) is 53.4 Å². The molecule has 1 aliphatic carbocycles. The van der Waals surface area contributed by atoms with E-state index in [1.54, 1.807) is 11.3 Å². The molecular formula is C21H28N2OS. The van der Waals surface area contributed by atoms with E-state index in [4.69, 9.17) is 5.73 Å². The van der Waals surface area contributed by atoms with Crippen molar-refractivity contribution in [2.24, 2.45) is 11.3 Å². The molecule has 1 aromatic carbocycles. The average molecular weight is 357 g/mol. The van der Waals surface area contributed by atoms with Crippen LogP contribution in [0.3, 0.4) is 0 Å². The summed E-state index contributed by atoms with van der Waals surface area (Å²) in [5, 5.41) is 3.70. The predicted molar refractivity (Wildman–Crippen MR) is 107 cm³/mol. The number of fused-ring (bicyclic) bond motifs is 1. The summed E-state index contributed by atoms with van der Waals surface area (Å²) in [6, 6.07) is 7.84. The number of nitrogens with one attached hydrogen (secondary N) is 1. The van der Waals surface area contributed by atoms with Crippen molar-refractivity contribution in [3.63, 3.8) is 0 Å². The van der Waals surface area contributed by atoms with Crippen molar-refractivity contribution in [2.75, 3.05) is 11.1 Å². The van der Waals surface area contributed by atoms with Gasteiger partial charge >= 0.3 is 0 Å². The average Bonchev–Trinajstić information content (AvgIpc) is 2.91. The third-order valence-corrected chi connectivity index (χ3v) is 7.01. The Morgan fingerprint density at radius 2 is 2.08 bits per heavy atom. The number of carbonyl (C=O) groups is 1. The standard InChI is InChI=1S/C21H28N2OS/c1-5-21(3,4)14-10-11-15-17(12-14)25-19(22)18(15)20(24)23-16-9-7-6-8-13(16)2/h6-9,14H,5,10-12,22H2,1-4H3,(H,23,24)/t14-/m1/s1. The highest BCUT2D eigenvalue weighted by Gasteiger charge is 2.34. The Kier molecular flexibility index (Phi) is 4.92. The number of hydrogen-bond donors (Lipinski definition) is 2. The largest absolute Gasteiger partial charge is 0.390 e. The van der Waals surface area contributed by atoms with Gasteiger partial charge in [0, 0.05) is 10.6 Å². The zero-order valence-electron chi connectivity index (χ0n) is 15.6. The van der Waals surface area contributed by atoms with E-state index in [9.17, 15) is 4.79 Å². The molecule has 0 bridgehead atoms. The summed E-state index contributed by atoms with van der Waals surface area (Å²) in [7, 11) is 0. The van der Waals surface area contributed by atoms with Crippen molar-refractivity contribution >= 4 is 27.9 Å². The number of amides is 1. The molecule has 0 aliphatic heterocycles. The molecule has 4 heteroatoms. The monoisotopic (exact) mass is 356 g/mol. The fourth-order valence-electron chi connectivity index (χ4n) is 3.71. The summed E-state index contributed by atoms with van der Waals surface area (Å²) in [6.07, 6.45) is 4.31. The Labute approximate surface area is 154 Å². The van der Waals surface area contributed by atoms with Crippen LogP contribution >= 0.6 is 11.3 Å². The quantitative estimate of drug-likeness (QED) is 0.767. The molecule has 0 saturated heterocycles. The number of hydrogen-bond acceptors (Lipinski definition) is 3. The van der Waals surface area contributed by atoms with Gasteiger partial charge in [-0.25, -0.2) is 0 Å². The zero-order valence-corrected chi connectivity index (χ0v) is 16.4. The van der Waals surface area contributed by atoms with Gasteiger partial charge in [0.2, 0.25) is 0 Å². The van der Waals surface area contributed by atoms with Crippen LogP contribution in [0, 0.1) is 18.3 Å². The third-order valence-electron chi connectivity index (χ3n) is 5.93. The van der Waals surface area contributed by atoms with E-state index < -0.39 is 0 Å². The fourth-order valence-corrected chi connectivity index (χ4v) is 4.91. The second kappa shape index (κ2) is 6.83. The van der Waals surface area contributed by atoms with Crippen LogP contribution in [0.5, 0.6) is 0 Å². The number of para-hydroxylation sites is 1. The molecule has 3 N–H and O–H groups in total. The van der Waals surface area contributed by atoms with Crippen molar-refractivity contribution in [1.29, 1.82) is 0 Å². The molecule has 0 saturated carbocycles. The van der Waals surface area contributed by atoms with Gasteiger partial charge in [-0.3, -0.25) is 4.79 Å². The van der Waals surface area contributed by atoms with E-state index >= 15 is 0 Å². The summed E-state index contributed by atoms with van der Waals surface area (Å²) in [5.41, 5.74) is 10.4. The lowest BCUT2D eigenvalue weighted by molar-refractivity contribution is 0.102. The topological polar surface area (TPSA) is 55.1 Å². The van der Waals surface area contributed by atoms with Crippen LogP contribution in [0.1, 0.15) is 60.0 Å². The number of anilines is 2. The Morgan fingerprint density at radius 1 is 1.36 bits per heavy atom. The summed E-state index contributed by atoms with van der Waals surface area (Å²) in [4.78, 5) is 14.2. The molecule has 25 heavy (non-hydrogen) atoms. The number of aryl methyl sites for hydroxylation is 1. The lowest BCUT2D eigenvalue weighted by Crippen LogP contribution is -2.29. The SMILES string of the molecule is CCC(C)(C)[C@@H]1CCc2c(sc(N)c2C(=O)Nc2ccccc2C)C1. The van der Waals surface area contributed by atoms with Crippen LogP contribution in [0.2, 0.25) is 0 Å². The molecule has 3 nitrogen and oxygen atoms in total. The lowest BCUT2D eigenvalue weighted by Gasteiger charge is -2.36. The highest BCUT2D eigenvalue weighted by atomic mass is 32.1. The maximum atomic E-state index is 12.9. The van der Waals surface area contributed by atoms with Crippen LogP contribution in [0.25, 0.3) is 0 Å². The molecule has 1 atom stereocenters. The summed E-state index contributed by atoms with van der Waals surface area (Å²) in [6.45, 7) is 8.97. The summed E-state index contributed by atoms with van der Waals surface area (Å²) < 4.78 is 0. The Bertz CT molecular complexity index is 791. The molecule has 0 spiro atoms. The van der Waals surface area contributed by atoms with Gasteiger partial charge in [0.25, 0.3) is 5.91 Å². The zero-order chi connectivity index (χ0) is 18.2. The molecule has 0 unspecified atom stereocenters. The molecule has 3 rings (SSSR count). The number of benzene rings is 1. The second-order valence-electron chi connectivity index (χ2n) is 7.79. The third kappa shape index (κ3) is 3.45. The minimum absolute atomic E-state index is 0.0718. The van der Waals surface area contributed by atoms with Gasteiger partial charge in [0.05, 0.1) is 10.6 Å². The van der Waals surface area contributed by atoms with E-state index in [2.05, 4.69) is 26.1 Å². The van der Waals surface area contributed by atoms with Gasteiger partial charge in [0.15, 0.2) is 0 Å². The Hall–Kier alpha value is -1.81. The van der Waals surface area contributed by atoms with E-state index in [0.29, 0.717) is 21.9 Å². The molecule has 2 aromatic rings. The van der Waals surface area contributed by atoms with Gasteiger partial charge in [-0.2, -0.15) is 0 Å². The molecular weight excluding hydrogens is 328 g/mol. The van der Waals surface area contributed by atoms with Crippen molar-refractivity contribution in [1.82, 2.24) is 0 Å². The van der Waals surface area contributed by atoms with Crippen LogP contribution < -0.4 is 11.1 Å². The first-order valence-corrected chi connectivity index (χ1v) is 9.92. The molecule has 1 amide bonds. The van der Waals surface area contributed by atoms with Crippen molar-refractivity contribution < 1.29 is 4.79 Å².